The van der Waals surface area contributed by atoms with Crippen LogP contribution in [0.15, 0.2) is 0 Å². The van der Waals surface area contributed by atoms with Crippen molar-refractivity contribution in [1.29, 1.82) is 0 Å². The van der Waals surface area contributed by atoms with Gasteiger partial charge in [-0.1, -0.05) is 19.3 Å². The van der Waals surface area contributed by atoms with Crippen LogP contribution < -0.4 is 5.32 Å². The van der Waals surface area contributed by atoms with Gasteiger partial charge in [-0.05, 0) is 39.3 Å². The standard InChI is InChI=1S/C14H30N2O/c1-13(12-17-3)16(2)10-9-15-11-14-7-5-4-6-8-14/h13-15H,4-12H2,1-3H3. The van der Waals surface area contributed by atoms with Crippen LogP contribution in [0.4, 0.5) is 0 Å². The van der Waals surface area contributed by atoms with Crippen LogP contribution in [0.5, 0.6) is 0 Å². The molecule has 102 valence electrons. The number of likely N-dealkylation sites (N-methyl/N-ethyl adjacent to an activating group) is 1. The zero-order valence-corrected chi connectivity index (χ0v) is 11.9. The van der Waals surface area contributed by atoms with Crippen LogP contribution in [0.25, 0.3) is 0 Å². The fourth-order valence-corrected chi connectivity index (χ4v) is 2.54. The SMILES string of the molecule is COCC(C)N(C)CCNCC1CCCCC1. The lowest BCUT2D eigenvalue weighted by atomic mass is 9.89. The molecule has 0 spiro atoms. The molecule has 0 bridgehead atoms. The molecule has 1 unspecified atom stereocenters. The Morgan fingerprint density at radius 1 is 1.29 bits per heavy atom. The highest BCUT2D eigenvalue weighted by Gasteiger charge is 2.13. The van der Waals surface area contributed by atoms with Gasteiger partial charge in [-0.2, -0.15) is 0 Å². The molecule has 1 aliphatic carbocycles. The molecular formula is C14H30N2O. The average molecular weight is 242 g/mol. The van der Waals surface area contributed by atoms with Crippen molar-refractivity contribution >= 4 is 0 Å². The molecule has 0 aliphatic heterocycles. The third-order valence-electron chi connectivity index (χ3n) is 3.96. The predicted molar refractivity (Wildman–Crippen MR) is 73.4 cm³/mol. The van der Waals surface area contributed by atoms with Gasteiger partial charge in [0.25, 0.3) is 0 Å². The van der Waals surface area contributed by atoms with E-state index in [1.165, 1.54) is 38.6 Å². The summed E-state index contributed by atoms with van der Waals surface area (Å²) in [4.78, 5) is 2.36. The molecule has 1 atom stereocenters. The molecule has 1 saturated carbocycles. The Labute approximate surface area is 107 Å². The molecule has 0 aromatic rings. The minimum absolute atomic E-state index is 0.511. The highest BCUT2D eigenvalue weighted by molar-refractivity contribution is 4.69. The fraction of sp³-hybridized carbons (Fsp3) is 1.00. The van der Waals surface area contributed by atoms with Gasteiger partial charge in [0, 0.05) is 26.2 Å². The first-order valence-electron chi connectivity index (χ1n) is 7.14. The molecule has 1 aliphatic rings. The minimum atomic E-state index is 0.511. The highest BCUT2D eigenvalue weighted by atomic mass is 16.5. The Morgan fingerprint density at radius 3 is 2.65 bits per heavy atom. The van der Waals surface area contributed by atoms with Crippen molar-refractivity contribution in [3.63, 3.8) is 0 Å². The van der Waals surface area contributed by atoms with E-state index < -0.39 is 0 Å². The summed E-state index contributed by atoms with van der Waals surface area (Å²) in [5.74, 6) is 0.936. The Bertz CT molecular complexity index is 181. The van der Waals surface area contributed by atoms with Crippen molar-refractivity contribution < 1.29 is 4.74 Å². The third-order valence-corrected chi connectivity index (χ3v) is 3.96. The van der Waals surface area contributed by atoms with Crippen LogP contribution in [0.3, 0.4) is 0 Å². The number of methoxy groups -OCH3 is 1. The zero-order chi connectivity index (χ0) is 12.5. The Hall–Kier alpha value is -0.120. The number of nitrogens with one attached hydrogen (secondary N) is 1. The molecule has 0 radical (unpaired) electrons. The molecule has 17 heavy (non-hydrogen) atoms. The second kappa shape index (κ2) is 8.90. The van der Waals surface area contributed by atoms with E-state index in [0.29, 0.717) is 6.04 Å². The smallest absolute Gasteiger partial charge is 0.0615 e. The molecule has 1 fully saturated rings. The largest absolute Gasteiger partial charge is 0.383 e. The van der Waals surface area contributed by atoms with Crippen molar-refractivity contribution in [2.75, 3.05) is 40.4 Å². The first-order chi connectivity index (χ1) is 8.24. The van der Waals surface area contributed by atoms with Crippen LogP contribution in [0.2, 0.25) is 0 Å². The van der Waals surface area contributed by atoms with Crippen LogP contribution >= 0.6 is 0 Å². The lowest BCUT2D eigenvalue weighted by Crippen LogP contribution is -2.38. The van der Waals surface area contributed by atoms with Crippen molar-refractivity contribution in [3.05, 3.63) is 0 Å². The van der Waals surface area contributed by atoms with E-state index in [9.17, 15) is 0 Å². The Kier molecular flexibility index (Phi) is 7.82. The average Bonchev–Trinajstić information content (AvgIpc) is 2.36. The molecule has 0 aromatic heterocycles. The predicted octanol–water partition coefficient (Wildman–Crippen LogP) is 2.12. The van der Waals surface area contributed by atoms with Gasteiger partial charge >= 0.3 is 0 Å². The number of hydrogen-bond donors (Lipinski definition) is 1. The van der Waals surface area contributed by atoms with E-state index in [1.807, 2.05) is 0 Å². The van der Waals surface area contributed by atoms with Crippen LogP contribution in [0.1, 0.15) is 39.0 Å². The maximum absolute atomic E-state index is 5.16. The maximum Gasteiger partial charge on any atom is 0.0615 e. The van der Waals surface area contributed by atoms with Gasteiger partial charge < -0.3 is 15.0 Å². The molecular weight excluding hydrogens is 212 g/mol. The molecule has 3 nitrogen and oxygen atoms in total. The van der Waals surface area contributed by atoms with Gasteiger partial charge in [0.2, 0.25) is 0 Å². The van der Waals surface area contributed by atoms with E-state index in [4.69, 9.17) is 4.74 Å². The number of ether oxygens (including phenoxy) is 1. The quantitative estimate of drug-likeness (QED) is 0.660. The van der Waals surface area contributed by atoms with E-state index in [0.717, 1.165) is 25.6 Å². The first kappa shape index (κ1) is 14.9. The zero-order valence-electron chi connectivity index (χ0n) is 11.9. The van der Waals surface area contributed by atoms with Gasteiger partial charge in [-0.25, -0.2) is 0 Å². The number of rotatable bonds is 8. The number of hydrogen-bond acceptors (Lipinski definition) is 3. The van der Waals surface area contributed by atoms with Crippen LogP contribution in [-0.2, 0) is 4.74 Å². The lowest BCUT2D eigenvalue weighted by Gasteiger charge is -2.25. The summed E-state index contributed by atoms with van der Waals surface area (Å²) in [6, 6.07) is 0.511. The van der Waals surface area contributed by atoms with Crippen molar-refractivity contribution in [1.82, 2.24) is 10.2 Å². The van der Waals surface area contributed by atoms with E-state index in [-0.39, 0.29) is 0 Å². The second-order valence-electron chi connectivity index (χ2n) is 5.49. The summed E-state index contributed by atoms with van der Waals surface area (Å²) in [6.07, 6.45) is 7.20. The molecule has 1 rings (SSSR count). The van der Waals surface area contributed by atoms with E-state index >= 15 is 0 Å². The van der Waals surface area contributed by atoms with Crippen molar-refractivity contribution in [3.8, 4) is 0 Å². The highest BCUT2D eigenvalue weighted by Crippen LogP contribution is 2.22. The summed E-state index contributed by atoms with van der Waals surface area (Å²) in [5, 5.41) is 3.60. The molecule has 0 amide bonds. The van der Waals surface area contributed by atoms with Crippen molar-refractivity contribution in [2.45, 2.75) is 45.1 Å². The van der Waals surface area contributed by atoms with Crippen LogP contribution in [0, 0.1) is 5.92 Å². The molecule has 3 heteroatoms. The fourth-order valence-electron chi connectivity index (χ4n) is 2.54. The van der Waals surface area contributed by atoms with Gasteiger partial charge in [0.05, 0.1) is 6.61 Å². The Morgan fingerprint density at radius 2 is 2.00 bits per heavy atom. The lowest BCUT2D eigenvalue weighted by molar-refractivity contribution is 0.116. The molecule has 0 saturated heterocycles. The summed E-state index contributed by atoms with van der Waals surface area (Å²) < 4.78 is 5.16. The topological polar surface area (TPSA) is 24.5 Å². The van der Waals surface area contributed by atoms with Crippen LogP contribution in [-0.4, -0.2) is 51.3 Å². The normalized spacial score (nSPS) is 19.8. The van der Waals surface area contributed by atoms with Gasteiger partial charge in [0.1, 0.15) is 0 Å². The second-order valence-corrected chi connectivity index (χ2v) is 5.49. The minimum Gasteiger partial charge on any atom is -0.383 e. The monoisotopic (exact) mass is 242 g/mol. The summed E-state index contributed by atoms with van der Waals surface area (Å²) >= 11 is 0. The first-order valence-corrected chi connectivity index (χ1v) is 7.14. The van der Waals surface area contributed by atoms with Gasteiger partial charge in [-0.15, -0.1) is 0 Å². The van der Waals surface area contributed by atoms with E-state index in [2.05, 4.69) is 24.2 Å². The summed E-state index contributed by atoms with van der Waals surface area (Å²) in [7, 11) is 3.94. The molecule has 0 aromatic carbocycles. The third kappa shape index (κ3) is 6.39. The van der Waals surface area contributed by atoms with Crippen molar-refractivity contribution in [2.24, 2.45) is 5.92 Å². The maximum atomic E-state index is 5.16. The molecule has 1 N–H and O–H groups in total. The number of nitrogens with zero attached hydrogens (tertiary/aromatic N) is 1. The van der Waals surface area contributed by atoms with Gasteiger partial charge in [0.15, 0.2) is 0 Å². The van der Waals surface area contributed by atoms with E-state index in [1.54, 1.807) is 7.11 Å². The summed E-state index contributed by atoms with van der Waals surface area (Å²) in [6.45, 7) is 6.45. The molecule has 0 heterocycles. The van der Waals surface area contributed by atoms with Gasteiger partial charge in [-0.3, -0.25) is 0 Å². The summed E-state index contributed by atoms with van der Waals surface area (Å²) in [5.41, 5.74) is 0. The Balaban J connectivity index is 1.99.